The van der Waals surface area contributed by atoms with E-state index in [1.807, 2.05) is 45.9 Å². The van der Waals surface area contributed by atoms with Gasteiger partial charge in [-0.05, 0) is 83.1 Å². The van der Waals surface area contributed by atoms with Crippen molar-refractivity contribution in [3.8, 4) is 0 Å². The lowest BCUT2D eigenvalue weighted by Gasteiger charge is -2.33. The third kappa shape index (κ3) is 5.84. The summed E-state index contributed by atoms with van der Waals surface area (Å²) in [6, 6.07) is 10.6. The van der Waals surface area contributed by atoms with Gasteiger partial charge in [-0.15, -0.1) is 11.3 Å². The number of aromatic nitrogens is 2. The number of benzene rings is 1. The Hall–Kier alpha value is -2.87. The smallest absolute Gasteiger partial charge is 0.410 e. The maximum Gasteiger partial charge on any atom is 0.410 e. The summed E-state index contributed by atoms with van der Waals surface area (Å²) >= 11 is 1.54. The maximum atomic E-state index is 13.1. The van der Waals surface area contributed by atoms with Crippen LogP contribution in [0.15, 0.2) is 30.3 Å². The zero-order valence-electron chi connectivity index (χ0n) is 22.4. The highest BCUT2D eigenvalue weighted by Crippen LogP contribution is 2.36. The van der Waals surface area contributed by atoms with E-state index < -0.39 is 5.60 Å². The minimum absolute atomic E-state index is 0.0748. The molecule has 8 heteroatoms. The van der Waals surface area contributed by atoms with E-state index in [1.165, 1.54) is 37.7 Å². The molecule has 0 bridgehead atoms. The van der Waals surface area contributed by atoms with Crippen LogP contribution in [0.1, 0.15) is 98.6 Å². The van der Waals surface area contributed by atoms with Crippen LogP contribution < -0.4 is 5.32 Å². The van der Waals surface area contributed by atoms with Gasteiger partial charge >= 0.3 is 6.09 Å². The van der Waals surface area contributed by atoms with E-state index in [0.717, 1.165) is 39.3 Å². The second-order valence-electron chi connectivity index (χ2n) is 11.5. The van der Waals surface area contributed by atoms with Gasteiger partial charge in [0.25, 0.3) is 5.91 Å². The summed E-state index contributed by atoms with van der Waals surface area (Å²) in [6.07, 6.45) is 7.73. The molecule has 0 atom stereocenters. The van der Waals surface area contributed by atoms with Crippen molar-refractivity contribution in [1.29, 1.82) is 0 Å². The van der Waals surface area contributed by atoms with E-state index in [-0.39, 0.29) is 12.0 Å². The van der Waals surface area contributed by atoms with E-state index in [0.29, 0.717) is 25.0 Å². The number of nitrogens with zero attached hydrogens (tertiary/aromatic N) is 3. The molecule has 1 saturated carbocycles. The molecule has 2 aromatic heterocycles. The highest BCUT2D eigenvalue weighted by atomic mass is 32.1. The molecule has 0 spiro atoms. The molecule has 1 aromatic carbocycles. The van der Waals surface area contributed by atoms with Crippen molar-refractivity contribution >= 4 is 39.2 Å². The molecule has 1 saturated heterocycles. The molecular formula is C29H38N4O3S. The van der Waals surface area contributed by atoms with Crippen LogP contribution in [0.25, 0.3) is 10.2 Å². The molecule has 1 N–H and O–H groups in total. The van der Waals surface area contributed by atoms with Gasteiger partial charge in [0.1, 0.15) is 10.4 Å². The third-order valence-corrected chi connectivity index (χ3v) is 8.62. The Labute approximate surface area is 223 Å². The van der Waals surface area contributed by atoms with E-state index in [4.69, 9.17) is 9.84 Å². The molecule has 2 fully saturated rings. The largest absolute Gasteiger partial charge is 0.444 e. The molecule has 2 aliphatic rings. The number of anilines is 1. The quantitative estimate of drug-likeness (QED) is 0.391. The molecule has 7 nitrogen and oxygen atoms in total. The van der Waals surface area contributed by atoms with Crippen LogP contribution in [0.4, 0.5) is 10.5 Å². The Morgan fingerprint density at radius 3 is 2.35 bits per heavy atom. The summed E-state index contributed by atoms with van der Waals surface area (Å²) in [4.78, 5) is 29.1. The first-order valence-electron chi connectivity index (χ1n) is 13.6. The highest BCUT2D eigenvalue weighted by molar-refractivity contribution is 7.20. The molecule has 5 rings (SSSR count). The van der Waals surface area contributed by atoms with Crippen molar-refractivity contribution in [3.05, 3.63) is 46.5 Å². The summed E-state index contributed by atoms with van der Waals surface area (Å²) in [7, 11) is 0. The van der Waals surface area contributed by atoms with E-state index in [9.17, 15) is 9.59 Å². The molecule has 1 aliphatic heterocycles. The maximum absolute atomic E-state index is 13.1. The van der Waals surface area contributed by atoms with Gasteiger partial charge < -0.3 is 15.0 Å². The van der Waals surface area contributed by atoms with E-state index >= 15 is 0 Å². The summed E-state index contributed by atoms with van der Waals surface area (Å²) in [5, 5.41) is 8.97. The first-order chi connectivity index (χ1) is 17.7. The van der Waals surface area contributed by atoms with Gasteiger partial charge in [0.2, 0.25) is 0 Å². The minimum Gasteiger partial charge on any atom is -0.444 e. The second-order valence-corrected chi connectivity index (χ2v) is 12.5. The monoisotopic (exact) mass is 522 g/mol. The van der Waals surface area contributed by atoms with Gasteiger partial charge in [-0.25, -0.2) is 4.79 Å². The van der Waals surface area contributed by atoms with Gasteiger partial charge in [0.05, 0.1) is 16.6 Å². The normalized spacial score (nSPS) is 17.8. The van der Waals surface area contributed by atoms with Crippen LogP contribution in [0, 0.1) is 6.92 Å². The number of nitrogens with one attached hydrogen (secondary N) is 1. The van der Waals surface area contributed by atoms with Crippen molar-refractivity contribution in [2.45, 2.75) is 90.2 Å². The lowest BCUT2D eigenvalue weighted by atomic mass is 9.89. The van der Waals surface area contributed by atoms with E-state index in [2.05, 4.69) is 22.1 Å². The van der Waals surface area contributed by atoms with Gasteiger partial charge in [0.15, 0.2) is 0 Å². The highest BCUT2D eigenvalue weighted by Gasteiger charge is 2.28. The van der Waals surface area contributed by atoms with Gasteiger partial charge in [0, 0.05) is 24.2 Å². The first kappa shape index (κ1) is 25.8. The number of carbonyl (C=O) groups is 2. The fraction of sp³-hybridized carbons (Fsp3) is 0.552. The lowest BCUT2D eigenvalue weighted by molar-refractivity contribution is 0.0204. The molecule has 1 aliphatic carbocycles. The molecule has 37 heavy (non-hydrogen) atoms. The van der Waals surface area contributed by atoms with Crippen molar-refractivity contribution in [3.63, 3.8) is 0 Å². The number of hydrogen-bond acceptors (Lipinski definition) is 5. The van der Waals surface area contributed by atoms with Crippen molar-refractivity contribution in [2.24, 2.45) is 0 Å². The number of thiophene rings is 1. The summed E-state index contributed by atoms with van der Waals surface area (Å²) in [5.41, 5.74) is 2.56. The summed E-state index contributed by atoms with van der Waals surface area (Å²) < 4.78 is 7.68. The first-order valence-corrected chi connectivity index (χ1v) is 14.4. The van der Waals surface area contributed by atoms with E-state index in [1.54, 1.807) is 16.2 Å². The zero-order valence-corrected chi connectivity index (χ0v) is 23.2. The fourth-order valence-corrected chi connectivity index (χ4v) is 6.64. The van der Waals surface area contributed by atoms with Crippen molar-refractivity contribution in [2.75, 3.05) is 18.4 Å². The Balaban J connectivity index is 1.20. The predicted molar refractivity (Wildman–Crippen MR) is 149 cm³/mol. The van der Waals surface area contributed by atoms with Crippen LogP contribution in [0.5, 0.6) is 0 Å². The molecule has 198 valence electrons. The number of likely N-dealkylation sites (tertiary alicyclic amines) is 1. The van der Waals surface area contributed by atoms with Crippen molar-refractivity contribution in [1.82, 2.24) is 14.7 Å². The van der Waals surface area contributed by atoms with Crippen LogP contribution in [0.2, 0.25) is 0 Å². The molecule has 2 amide bonds. The standard InChI is InChI=1S/C29H38N4O3S/c1-19-24-18-25(37-27(24)33(31-19)23-8-6-5-7-9-23)26(34)30-22-12-10-20(11-13-22)21-14-16-32(17-15-21)28(35)36-29(2,3)4/h10-13,18,21,23H,5-9,14-17H2,1-4H3,(H,30,34). The molecular weight excluding hydrogens is 484 g/mol. The molecule has 3 aromatic rings. The Bertz CT molecular complexity index is 1260. The average molecular weight is 523 g/mol. The number of carbonyl (C=O) groups excluding carboxylic acids is 2. The number of hydrogen-bond donors (Lipinski definition) is 1. The summed E-state index contributed by atoms with van der Waals surface area (Å²) in [6.45, 7) is 9.11. The number of piperidine rings is 1. The Morgan fingerprint density at radius 2 is 1.70 bits per heavy atom. The van der Waals surface area contributed by atoms with Crippen molar-refractivity contribution < 1.29 is 14.3 Å². The topological polar surface area (TPSA) is 76.5 Å². The second kappa shape index (κ2) is 10.5. The number of fused-ring (bicyclic) bond motifs is 1. The molecule has 0 unspecified atom stereocenters. The van der Waals surface area contributed by atoms with Crippen LogP contribution in [0.3, 0.4) is 0 Å². The average Bonchev–Trinajstić information content (AvgIpc) is 3.45. The van der Waals surface area contributed by atoms with Gasteiger partial charge in [-0.1, -0.05) is 31.4 Å². The Kier molecular flexibility index (Phi) is 7.30. The summed E-state index contributed by atoms with van der Waals surface area (Å²) in [5.74, 6) is 0.325. The predicted octanol–water partition coefficient (Wildman–Crippen LogP) is 7.28. The number of rotatable bonds is 4. The van der Waals surface area contributed by atoms with Crippen LogP contribution >= 0.6 is 11.3 Å². The van der Waals surface area contributed by atoms with Crippen LogP contribution in [-0.2, 0) is 4.74 Å². The number of ether oxygens (including phenoxy) is 1. The minimum atomic E-state index is -0.474. The van der Waals surface area contributed by atoms with Gasteiger partial charge in [-0.3, -0.25) is 9.48 Å². The molecule has 3 heterocycles. The van der Waals surface area contributed by atoms with Crippen LogP contribution in [-0.4, -0.2) is 45.4 Å². The Morgan fingerprint density at radius 1 is 1.03 bits per heavy atom. The lowest BCUT2D eigenvalue weighted by Crippen LogP contribution is -2.41. The number of amides is 2. The molecule has 0 radical (unpaired) electrons. The fourth-order valence-electron chi connectivity index (χ4n) is 5.51. The number of aryl methyl sites for hydroxylation is 1. The SMILES string of the molecule is Cc1nn(C2CCCCC2)c2sc(C(=O)Nc3ccc(C4CCN(C(=O)OC(C)(C)C)CC4)cc3)cc12. The van der Waals surface area contributed by atoms with Gasteiger partial charge in [-0.2, -0.15) is 5.10 Å². The third-order valence-electron chi connectivity index (χ3n) is 7.50. The zero-order chi connectivity index (χ0) is 26.2.